The Hall–Kier alpha value is -0.930. The summed E-state index contributed by atoms with van der Waals surface area (Å²) in [6, 6.07) is 4.00. The van der Waals surface area contributed by atoms with E-state index >= 15 is 0 Å². The van der Waals surface area contributed by atoms with Gasteiger partial charge in [-0.25, -0.2) is 4.39 Å². The van der Waals surface area contributed by atoms with E-state index in [9.17, 15) is 9.18 Å². The summed E-state index contributed by atoms with van der Waals surface area (Å²) in [5, 5.41) is 0.430. The Morgan fingerprint density at radius 1 is 1.61 bits per heavy atom. The van der Waals surface area contributed by atoms with Gasteiger partial charge in [0, 0.05) is 22.9 Å². The molecule has 1 aliphatic rings. The number of nitrogens with two attached hydrogens (primary N) is 1. The van der Waals surface area contributed by atoms with Crippen LogP contribution in [-0.2, 0) is 11.2 Å². The molecular weight excluding hydrogens is 253 g/mol. The maximum Gasteiger partial charge on any atom is 0.144 e. The molecule has 18 heavy (non-hydrogen) atoms. The molecule has 2 nitrogen and oxygen atoms in total. The molecule has 1 aliphatic carbocycles. The number of benzene rings is 1. The van der Waals surface area contributed by atoms with Crippen molar-refractivity contribution in [1.82, 2.24) is 0 Å². The van der Waals surface area contributed by atoms with Gasteiger partial charge in [-0.3, -0.25) is 4.79 Å². The number of halogens is 2. The monoisotopic (exact) mass is 269 g/mol. The molecule has 2 rings (SSSR count). The highest BCUT2D eigenvalue weighted by molar-refractivity contribution is 6.31. The van der Waals surface area contributed by atoms with E-state index in [-0.39, 0.29) is 24.1 Å². The van der Waals surface area contributed by atoms with Crippen LogP contribution in [-0.4, -0.2) is 11.8 Å². The van der Waals surface area contributed by atoms with Gasteiger partial charge >= 0.3 is 0 Å². The molecule has 1 aromatic carbocycles. The van der Waals surface area contributed by atoms with Crippen molar-refractivity contribution in [2.24, 2.45) is 11.1 Å². The van der Waals surface area contributed by atoms with Crippen molar-refractivity contribution in [2.75, 3.05) is 0 Å². The van der Waals surface area contributed by atoms with Crippen LogP contribution in [0.1, 0.15) is 31.7 Å². The summed E-state index contributed by atoms with van der Waals surface area (Å²) >= 11 is 5.98. The highest BCUT2D eigenvalue weighted by Gasteiger charge is 2.42. The van der Waals surface area contributed by atoms with Crippen LogP contribution >= 0.6 is 11.6 Å². The molecule has 2 atom stereocenters. The third-order valence-corrected chi connectivity index (χ3v) is 4.39. The van der Waals surface area contributed by atoms with Gasteiger partial charge in [-0.15, -0.1) is 0 Å². The Balaban J connectivity index is 2.19. The Kier molecular flexibility index (Phi) is 3.74. The van der Waals surface area contributed by atoms with E-state index in [1.165, 1.54) is 18.2 Å². The topological polar surface area (TPSA) is 43.1 Å². The van der Waals surface area contributed by atoms with Crippen LogP contribution in [0.3, 0.4) is 0 Å². The third-order valence-electron chi connectivity index (χ3n) is 4.03. The first-order chi connectivity index (χ1) is 8.43. The fourth-order valence-electron chi connectivity index (χ4n) is 2.59. The summed E-state index contributed by atoms with van der Waals surface area (Å²) in [6.07, 6.45) is 2.81. The first-order valence-electron chi connectivity index (χ1n) is 6.16. The minimum absolute atomic E-state index is 0.0556. The van der Waals surface area contributed by atoms with Gasteiger partial charge in [-0.2, -0.15) is 0 Å². The first-order valence-corrected chi connectivity index (χ1v) is 6.54. The quantitative estimate of drug-likeness (QED) is 0.916. The maximum atomic E-state index is 13.2. The number of Topliss-reactive ketones (excluding diaryl/α,β-unsaturated/α-hetero) is 1. The van der Waals surface area contributed by atoms with Crippen molar-refractivity contribution in [3.8, 4) is 0 Å². The second-order valence-electron chi connectivity index (χ2n) is 5.25. The number of ketones is 1. The minimum atomic E-state index is -0.490. The van der Waals surface area contributed by atoms with E-state index in [0.717, 1.165) is 19.3 Å². The molecule has 0 radical (unpaired) electrons. The van der Waals surface area contributed by atoms with Gasteiger partial charge in [0.05, 0.1) is 0 Å². The van der Waals surface area contributed by atoms with E-state index in [4.69, 9.17) is 17.3 Å². The van der Waals surface area contributed by atoms with Gasteiger partial charge in [0.1, 0.15) is 11.6 Å². The number of rotatable bonds is 3. The average Bonchev–Trinajstić information content (AvgIpc) is 2.66. The summed E-state index contributed by atoms with van der Waals surface area (Å²) in [4.78, 5) is 12.3. The summed E-state index contributed by atoms with van der Waals surface area (Å²) in [6.45, 7) is 1.90. The van der Waals surface area contributed by atoms with Crippen molar-refractivity contribution in [2.45, 2.75) is 38.6 Å². The lowest BCUT2D eigenvalue weighted by atomic mass is 9.78. The van der Waals surface area contributed by atoms with Crippen molar-refractivity contribution < 1.29 is 9.18 Å². The largest absolute Gasteiger partial charge is 0.327 e. The lowest BCUT2D eigenvalue weighted by molar-refractivity contribution is -0.127. The molecule has 1 fully saturated rings. The predicted molar refractivity (Wildman–Crippen MR) is 70.1 cm³/mol. The summed E-state index contributed by atoms with van der Waals surface area (Å²) in [5.41, 5.74) is 6.06. The van der Waals surface area contributed by atoms with Crippen LogP contribution in [0.25, 0.3) is 0 Å². The van der Waals surface area contributed by atoms with Crippen LogP contribution in [0.15, 0.2) is 18.2 Å². The normalized spacial score (nSPS) is 27.4. The van der Waals surface area contributed by atoms with Gasteiger partial charge in [0.2, 0.25) is 0 Å². The molecule has 0 aliphatic heterocycles. The molecule has 2 unspecified atom stereocenters. The van der Waals surface area contributed by atoms with Crippen LogP contribution in [0.5, 0.6) is 0 Å². The van der Waals surface area contributed by atoms with Crippen LogP contribution < -0.4 is 5.73 Å². The number of hydrogen-bond donors (Lipinski definition) is 1. The molecule has 0 heterocycles. The van der Waals surface area contributed by atoms with Gasteiger partial charge in [-0.1, -0.05) is 24.9 Å². The van der Waals surface area contributed by atoms with Gasteiger partial charge in [-0.05, 0) is 36.6 Å². The molecule has 0 saturated heterocycles. The maximum absolute atomic E-state index is 13.2. The van der Waals surface area contributed by atoms with E-state index < -0.39 is 5.41 Å². The zero-order valence-electron chi connectivity index (χ0n) is 10.4. The third kappa shape index (κ3) is 2.43. The molecule has 1 saturated carbocycles. The summed E-state index contributed by atoms with van der Waals surface area (Å²) in [5.74, 6) is -0.317. The molecule has 0 bridgehead atoms. The lowest BCUT2D eigenvalue weighted by Gasteiger charge is -2.27. The summed E-state index contributed by atoms with van der Waals surface area (Å²) < 4.78 is 13.2. The van der Waals surface area contributed by atoms with Crippen molar-refractivity contribution in [3.05, 3.63) is 34.6 Å². The van der Waals surface area contributed by atoms with Crippen LogP contribution in [0, 0.1) is 11.2 Å². The molecule has 0 amide bonds. The highest BCUT2D eigenvalue weighted by Crippen LogP contribution is 2.38. The van der Waals surface area contributed by atoms with E-state index in [2.05, 4.69) is 0 Å². The van der Waals surface area contributed by atoms with Crippen LogP contribution in [0.4, 0.5) is 4.39 Å². The molecule has 1 aromatic rings. The zero-order valence-corrected chi connectivity index (χ0v) is 11.1. The zero-order chi connectivity index (χ0) is 13.3. The van der Waals surface area contributed by atoms with Gasteiger partial charge in [0.15, 0.2) is 0 Å². The number of carbonyl (C=O) groups is 1. The van der Waals surface area contributed by atoms with Gasteiger partial charge in [0.25, 0.3) is 0 Å². The second-order valence-corrected chi connectivity index (χ2v) is 5.66. The molecule has 4 heteroatoms. The van der Waals surface area contributed by atoms with Crippen molar-refractivity contribution >= 4 is 17.4 Å². The van der Waals surface area contributed by atoms with Crippen molar-refractivity contribution in [1.29, 1.82) is 0 Å². The second kappa shape index (κ2) is 4.98. The van der Waals surface area contributed by atoms with E-state index in [0.29, 0.717) is 10.6 Å². The molecule has 2 N–H and O–H groups in total. The number of carbonyl (C=O) groups excluding carboxylic acids is 1. The minimum Gasteiger partial charge on any atom is -0.327 e. The molecule has 0 aromatic heterocycles. The lowest BCUT2D eigenvalue weighted by Crippen LogP contribution is -2.41. The fraction of sp³-hybridized carbons (Fsp3) is 0.500. The Labute approximate surface area is 111 Å². The fourth-order valence-corrected chi connectivity index (χ4v) is 2.78. The summed E-state index contributed by atoms with van der Waals surface area (Å²) in [7, 11) is 0. The SMILES string of the molecule is CC1(C(=O)Cc2cc(F)ccc2Cl)CCCC1N. The number of hydrogen-bond acceptors (Lipinski definition) is 2. The van der Waals surface area contributed by atoms with Crippen molar-refractivity contribution in [3.63, 3.8) is 0 Å². The molecule has 0 spiro atoms. The standard InChI is InChI=1S/C14H17ClFNO/c1-14(6-2-3-12(14)17)13(18)8-9-7-10(16)4-5-11(9)15/h4-5,7,12H,2-3,6,8,17H2,1H3. The Bertz CT molecular complexity index is 477. The predicted octanol–water partition coefficient (Wildman–Crippen LogP) is 3.11. The average molecular weight is 270 g/mol. The molecular formula is C14H17ClFNO. The Morgan fingerprint density at radius 3 is 2.94 bits per heavy atom. The van der Waals surface area contributed by atoms with E-state index in [1.807, 2.05) is 6.92 Å². The van der Waals surface area contributed by atoms with Gasteiger partial charge < -0.3 is 5.73 Å². The smallest absolute Gasteiger partial charge is 0.144 e. The molecule has 98 valence electrons. The van der Waals surface area contributed by atoms with Crippen LogP contribution in [0.2, 0.25) is 5.02 Å². The van der Waals surface area contributed by atoms with E-state index in [1.54, 1.807) is 0 Å². The highest BCUT2D eigenvalue weighted by atomic mass is 35.5. The first kappa shape index (κ1) is 13.5. The Morgan fingerprint density at radius 2 is 2.33 bits per heavy atom.